The first-order chi connectivity index (χ1) is 5.20. The van der Waals surface area contributed by atoms with Crippen molar-refractivity contribution in [2.24, 2.45) is 5.92 Å². The summed E-state index contributed by atoms with van der Waals surface area (Å²) in [6.45, 7) is 8.49. The van der Waals surface area contributed by atoms with E-state index < -0.39 is 0 Å². The molecule has 11 heavy (non-hydrogen) atoms. The van der Waals surface area contributed by atoms with Crippen molar-refractivity contribution in [2.75, 3.05) is 0 Å². The highest BCUT2D eigenvalue weighted by molar-refractivity contribution is 6.47. The van der Waals surface area contributed by atoms with E-state index in [0.717, 1.165) is 5.82 Å². The van der Waals surface area contributed by atoms with E-state index in [0.29, 0.717) is 5.92 Å². The van der Waals surface area contributed by atoms with Crippen LogP contribution in [0.25, 0.3) is 0 Å². The number of rotatable bonds is 3. The Hall–Kier alpha value is -0.195. The van der Waals surface area contributed by atoms with Gasteiger partial charge < -0.3 is 0 Å². The van der Waals surface area contributed by atoms with Crippen molar-refractivity contribution in [3.8, 4) is 0 Å². The molecular weight excluding hydrogens is 131 g/mol. The molecule has 0 heterocycles. The highest BCUT2D eigenvalue weighted by Crippen LogP contribution is 2.31. The van der Waals surface area contributed by atoms with Crippen LogP contribution < -0.4 is 0 Å². The van der Waals surface area contributed by atoms with Crippen molar-refractivity contribution in [1.82, 2.24) is 0 Å². The normalized spacial score (nSPS) is 19.2. The molecule has 0 aromatic heterocycles. The lowest BCUT2D eigenvalue weighted by Crippen LogP contribution is -2.07. The van der Waals surface area contributed by atoms with Crippen LogP contribution in [0.2, 0.25) is 5.82 Å². The smallest absolute Gasteiger partial charge is 0.113 e. The fourth-order valence-electron chi connectivity index (χ4n) is 1.62. The average Bonchev–Trinajstić information content (AvgIpc) is 2.39. The van der Waals surface area contributed by atoms with Crippen LogP contribution in [0.5, 0.6) is 0 Å². The van der Waals surface area contributed by atoms with Gasteiger partial charge in [0.2, 0.25) is 0 Å². The lowest BCUT2D eigenvalue weighted by Gasteiger charge is -2.12. The Morgan fingerprint density at radius 3 is 2.36 bits per heavy atom. The zero-order chi connectivity index (χ0) is 8.27. The molecule has 1 saturated carbocycles. The summed E-state index contributed by atoms with van der Waals surface area (Å²) in [6, 6.07) is 0. The van der Waals surface area contributed by atoms with E-state index in [9.17, 15) is 0 Å². The van der Waals surface area contributed by atoms with Crippen molar-refractivity contribution < 1.29 is 0 Å². The fourth-order valence-corrected chi connectivity index (χ4v) is 1.62. The van der Waals surface area contributed by atoms with E-state index in [1.807, 2.05) is 0 Å². The third-order valence-electron chi connectivity index (χ3n) is 2.59. The Kier molecular flexibility index (Phi) is 3.23. The molecule has 0 aliphatic heterocycles. The van der Waals surface area contributed by atoms with Crippen LogP contribution in [0.4, 0.5) is 0 Å². The highest BCUT2D eigenvalue weighted by Gasteiger charge is 2.17. The standard InChI is InChI=1S/C10H18B/c1-8(2)9(3)11-10-6-4-5-7-10/h8,10H,3-7H2,1-2H3. The van der Waals surface area contributed by atoms with Crippen LogP contribution >= 0.6 is 0 Å². The average molecular weight is 149 g/mol. The van der Waals surface area contributed by atoms with Gasteiger partial charge in [0.15, 0.2) is 0 Å². The van der Waals surface area contributed by atoms with E-state index in [1.54, 1.807) is 0 Å². The zero-order valence-corrected chi connectivity index (χ0v) is 7.77. The highest BCUT2D eigenvalue weighted by atomic mass is 14.1. The van der Waals surface area contributed by atoms with Gasteiger partial charge in [-0.15, -0.1) is 12.1 Å². The van der Waals surface area contributed by atoms with Crippen molar-refractivity contribution >= 4 is 7.28 Å². The minimum atomic E-state index is 0.635. The SMILES string of the molecule is C=C([B]C1CCCC1)C(C)C. The molecular formula is C10H18B. The van der Waals surface area contributed by atoms with Gasteiger partial charge in [0, 0.05) is 0 Å². The van der Waals surface area contributed by atoms with Crippen LogP contribution in [0, 0.1) is 5.92 Å². The predicted octanol–water partition coefficient (Wildman–Crippen LogP) is 3.22. The van der Waals surface area contributed by atoms with Gasteiger partial charge in [-0.05, 0) is 5.92 Å². The van der Waals surface area contributed by atoms with Gasteiger partial charge in [-0.1, -0.05) is 45.3 Å². The summed E-state index contributed by atoms with van der Waals surface area (Å²) >= 11 is 0. The van der Waals surface area contributed by atoms with E-state index in [1.165, 1.54) is 31.2 Å². The third kappa shape index (κ3) is 2.73. The van der Waals surface area contributed by atoms with Gasteiger partial charge in [-0.25, -0.2) is 0 Å². The molecule has 0 spiro atoms. The van der Waals surface area contributed by atoms with Gasteiger partial charge in [0.1, 0.15) is 7.28 Å². The summed E-state index contributed by atoms with van der Waals surface area (Å²) in [4.78, 5) is 0. The van der Waals surface area contributed by atoms with E-state index in [2.05, 4.69) is 27.7 Å². The molecule has 1 heteroatoms. The summed E-state index contributed by atoms with van der Waals surface area (Å²) in [5.41, 5.74) is 1.33. The van der Waals surface area contributed by atoms with Crippen LogP contribution in [0.1, 0.15) is 39.5 Å². The third-order valence-corrected chi connectivity index (χ3v) is 2.59. The minimum Gasteiger partial charge on any atom is -0.113 e. The lowest BCUT2D eigenvalue weighted by molar-refractivity contribution is 0.795. The van der Waals surface area contributed by atoms with Crippen molar-refractivity contribution in [3.63, 3.8) is 0 Å². The number of allylic oxidation sites excluding steroid dienone is 1. The second kappa shape index (κ2) is 3.99. The molecule has 0 aromatic carbocycles. The van der Waals surface area contributed by atoms with Gasteiger partial charge >= 0.3 is 0 Å². The van der Waals surface area contributed by atoms with Gasteiger partial charge in [-0.3, -0.25) is 0 Å². The lowest BCUT2D eigenvalue weighted by atomic mass is 9.55. The van der Waals surface area contributed by atoms with E-state index in [-0.39, 0.29) is 0 Å². The Bertz CT molecular complexity index is 132. The van der Waals surface area contributed by atoms with Crippen LogP contribution in [-0.4, -0.2) is 7.28 Å². The topological polar surface area (TPSA) is 0 Å². The summed E-state index contributed by atoms with van der Waals surface area (Å²) in [5, 5.41) is 0. The molecule has 1 fully saturated rings. The Morgan fingerprint density at radius 2 is 1.91 bits per heavy atom. The largest absolute Gasteiger partial charge is 0.148 e. The molecule has 0 amide bonds. The molecule has 0 atom stereocenters. The molecule has 0 saturated heterocycles. The maximum absolute atomic E-state index is 4.06. The van der Waals surface area contributed by atoms with E-state index in [4.69, 9.17) is 0 Å². The quantitative estimate of drug-likeness (QED) is 0.540. The molecule has 1 aliphatic carbocycles. The maximum atomic E-state index is 4.06. The Balaban J connectivity index is 2.24. The first kappa shape index (κ1) is 8.90. The van der Waals surface area contributed by atoms with Crippen LogP contribution in [-0.2, 0) is 0 Å². The monoisotopic (exact) mass is 149 g/mol. The van der Waals surface area contributed by atoms with Gasteiger partial charge in [-0.2, -0.15) is 0 Å². The number of hydrogen-bond acceptors (Lipinski definition) is 0. The Labute approximate surface area is 71.3 Å². The second-order valence-electron chi connectivity index (χ2n) is 3.94. The summed E-state index contributed by atoms with van der Waals surface area (Å²) < 4.78 is 0. The van der Waals surface area contributed by atoms with Crippen molar-refractivity contribution in [3.05, 3.63) is 12.1 Å². The minimum absolute atomic E-state index is 0.635. The molecule has 1 rings (SSSR count). The van der Waals surface area contributed by atoms with Gasteiger partial charge in [0.05, 0.1) is 0 Å². The number of hydrogen-bond donors (Lipinski definition) is 0. The molecule has 1 aliphatic rings. The molecule has 0 bridgehead atoms. The van der Waals surface area contributed by atoms with Crippen LogP contribution in [0.15, 0.2) is 12.1 Å². The molecule has 61 valence electrons. The summed E-state index contributed by atoms with van der Waals surface area (Å²) in [7, 11) is 2.39. The predicted molar refractivity (Wildman–Crippen MR) is 52.0 cm³/mol. The summed E-state index contributed by atoms with van der Waals surface area (Å²) in [6.07, 6.45) is 5.64. The van der Waals surface area contributed by atoms with Gasteiger partial charge in [0.25, 0.3) is 0 Å². The van der Waals surface area contributed by atoms with Crippen molar-refractivity contribution in [1.29, 1.82) is 0 Å². The maximum Gasteiger partial charge on any atom is 0.148 e. The molecule has 1 radical (unpaired) electrons. The zero-order valence-electron chi connectivity index (χ0n) is 7.77. The summed E-state index contributed by atoms with van der Waals surface area (Å²) in [5.74, 6) is 1.49. The van der Waals surface area contributed by atoms with Crippen LogP contribution in [0.3, 0.4) is 0 Å². The molecule has 0 N–H and O–H groups in total. The Morgan fingerprint density at radius 1 is 1.36 bits per heavy atom. The molecule has 0 aromatic rings. The first-order valence-electron chi connectivity index (χ1n) is 4.74. The second-order valence-corrected chi connectivity index (χ2v) is 3.94. The fraction of sp³-hybridized carbons (Fsp3) is 0.800. The van der Waals surface area contributed by atoms with Crippen molar-refractivity contribution in [2.45, 2.75) is 45.3 Å². The molecule has 0 unspecified atom stereocenters. The molecule has 0 nitrogen and oxygen atoms in total. The van der Waals surface area contributed by atoms with E-state index >= 15 is 0 Å². The first-order valence-corrected chi connectivity index (χ1v) is 4.74.